The van der Waals surface area contributed by atoms with Crippen molar-refractivity contribution in [2.45, 2.75) is 195 Å². The number of carbonyl (C=O) groups excluding carboxylic acids is 3. The highest BCUT2D eigenvalue weighted by atomic mass is 16.3. The molecule has 0 saturated heterocycles. The van der Waals surface area contributed by atoms with Gasteiger partial charge >= 0.3 is 0 Å². The Labute approximate surface area is 336 Å². The predicted octanol–water partition coefficient (Wildman–Crippen LogP) is 10.3. The average Bonchev–Trinajstić information content (AvgIpc) is 3.12. The van der Waals surface area contributed by atoms with Crippen molar-refractivity contribution in [3.8, 4) is 0 Å². The maximum Gasteiger partial charge on any atom is 0.269 e. The molecule has 0 rings (SSSR count). The molecule has 0 saturated carbocycles. The Morgan fingerprint density at radius 2 is 0.927 bits per heavy atom. The first-order valence-corrected chi connectivity index (χ1v) is 21.4. The quantitative estimate of drug-likeness (QED) is 0.0126. The molecule has 0 aromatic carbocycles. The second kappa shape index (κ2) is 35.0. The van der Waals surface area contributed by atoms with Crippen LogP contribution in [0.3, 0.4) is 0 Å². The van der Waals surface area contributed by atoms with Gasteiger partial charge in [-0.3, -0.25) is 19.8 Å². The Balaban J connectivity index is 3.84. The molecule has 3 amide bonds. The van der Waals surface area contributed by atoms with Gasteiger partial charge < -0.3 is 26.8 Å². The van der Waals surface area contributed by atoms with Gasteiger partial charge in [0.2, 0.25) is 18.0 Å². The number of nitrogens with two attached hydrogens (primary N) is 1. The van der Waals surface area contributed by atoms with E-state index in [-0.39, 0.29) is 24.1 Å². The molecule has 0 aliphatic heterocycles. The minimum Gasteiger partial charge on any atom is -0.388 e. The number of hydrogen-bond donors (Lipinski definition) is 6. The third-order valence-corrected chi connectivity index (χ3v) is 9.67. The van der Waals surface area contributed by atoms with Crippen molar-refractivity contribution in [1.82, 2.24) is 16.0 Å². The molecule has 7 N–H and O–H groups in total. The van der Waals surface area contributed by atoms with Crippen LogP contribution in [-0.4, -0.2) is 48.0 Å². The van der Waals surface area contributed by atoms with Crippen molar-refractivity contribution in [2.24, 2.45) is 5.73 Å². The molecule has 0 aliphatic carbocycles. The molecule has 9 nitrogen and oxygen atoms in total. The summed E-state index contributed by atoms with van der Waals surface area (Å²) in [4.78, 5) is 36.4. The molecule has 0 bridgehead atoms. The number of allylic oxidation sites excluding steroid dienone is 10. The third kappa shape index (κ3) is 36.0. The Morgan fingerprint density at radius 1 is 0.509 bits per heavy atom. The predicted molar refractivity (Wildman–Crippen MR) is 233 cm³/mol. The molecule has 0 heterocycles. The summed E-state index contributed by atoms with van der Waals surface area (Å²) in [5, 5.41) is 25.3. The zero-order chi connectivity index (χ0) is 41.1. The van der Waals surface area contributed by atoms with Gasteiger partial charge in [0.05, 0.1) is 5.84 Å². The van der Waals surface area contributed by atoms with Crippen LogP contribution in [0.2, 0.25) is 0 Å². The number of amidine groups is 1. The minimum absolute atomic E-state index is 0.115. The van der Waals surface area contributed by atoms with Crippen molar-refractivity contribution in [1.29, 1.82) is 5.41 Å². The Kier molecular flexibility index (Phi) is 32.8. The fraction of sp³-hybridized carbons (Fsp3) is 0.696. The van der Waals surface area contributed by atoms with E-state index in [1.807, 2.05) is 0 Å². The van der Waals surface area contributed by atoms with E-state index >= 15 is 0 Å². The highest BCUT2D eigenvalue weighted by Crippen LogP contribution is 2.15. The molecular weight excluding hydrogens is 687 g/mol. The van der Waals surface area contributed by atoms with E-state index in [2.05, 4.69) is 87.9 Å². The average molecular weight is 768 g/mol. The Hall–Kier alpha value is -3.46. The standard InChI is InChI=1S/C46H81N5O4/c1-37(2)23-20-26-40(5)29-21-27-38(3)24-16-17-25-39(4)28-22-30-41(6)33-34-43(52)49-35-18-12-7-8-13-19-36-50-45(54)46(55)51-44(53)32-15-11-9-10-14-31-42(47)48/h23-25,29-30,46,55H,7-22,26-28,31-36H2,1-6H3,(H3,47,48)(H,49,52)(H,50,54)(H,51,53)/b38-24+,39-25+,40-29+,41-30+. The fourth-order valence-electron chi connectivity index (χ4n) is 6.06. The lowest BCUT2D eigenvalue weighted by molar-refractivity contribution is -0.136. The van der Waals surface area contributed by atoms with Crippen LogP contribution in [0.1, 0.15) is 189 Å². The van der Waals surface area contributed by atoms with Gasteiger partial charge in [-0.1, -0.05) is 103 Å². The van der Waals surface area contributed by atoms with Crippen LogP contribution < -0.4 is 21.7 Å². The Morgan fingerprint density at radius 3 is 1.44 bits per heavy atom. The van der Waals surface area contributed by atoms with Crippen LogP contribution in [0.5, 0.6) is 0 Å². The van der Waals surface area contributed by atoms with Gasteiger partial charge in [0.15, 0.2) is 0 Å². The first-order valence-electron chi connectivity index (χ1n) is 21.4. The molecule has 0 spiro atoms. The zero-order valence-corrected chi connectivity index (χ0v) is 35.9. The summed E-state index contributed by atoms with van der Waals surface area (Å²) in [5.41, 5.74) is 12.4. The van der Waals surface area contributed by atoms with Crippen molar-refractivity contribution < 1.29 is 19.5 Å². The smallest absolute Gasteiger partial charge is 0.269 e. The number of aliphatic hydroxyl groups excluding tert-OH is 1. The van der Waals surface area contributed by atoms with E-state index in [9.17, 15) is 19.5 Å². The lowest BCUT2D eigenvalue weighted by atomic mass is 10.0. The monoisotopic (exact) mass is 768 g/mol. The van der Waals surface area contributed by atoms with Gasteiger partial charge in [-0.05, 0) is 125 Å². The van der Waals surface area contributed by atoms with Crippen LogP contribution >= 0.6 is 0 Å². The van der Waals surface area contributed by atoms with Crippen LogP contribution in [0.4, 0.5) is 0 Å². The molecular formula is C46H81N5O4. The van der Waals surface area contributed by atoms with Crippen molar-refractivity contribution in [3.05, 3.63) is 58.2 Å². The van der Waals surface area contributed by atoms with Crippen molar-refractivity contribution in [2.75, 3.05) is 13.1 Å². The second-order valence-corrected chi connectivity index (χ2v) is 15.7. The maximum atomic E-state index is 12.3. The van der Waals surface area contributed by atoms with E-state index in [1.54, 1.807) is 0 Å². The molecule has 1 atom stereocenters. The van der Waals surface area contributed by atoms with E-state index in [1.165, 1.54) is 27.9 Å². The lowest BCUT2D eigenvalue weighted by Crippen LogP contribution is -2.46. The maximum absolute atomic E-state index is 12.3. The van der Waals surface area contributed by atoms with Gasteiger partial charge in [0.25, 0.3) is 5.91 Å². The van der Waals surface area contributed by atoms with Gasteiger partial charge in [-0.15, -0.1) is 0 Å². The molecule has 9 heteroatoms. The normalized spacial score (nSPS) is 13.0. The Bertz CT molecular complexity index is 1240. The van der Waals surface area contributed by atoms with Crippen LogP contribution in [-0.2, 0) is 14.4 Å². The molecule has 0 aliphatic rings. The summed E-state index contributed by atoms with van der Waals surface area (Å²) in [7, 11) is 0. The van der Waals surface area contributed by atoms with E-state index < -0.39 is 12.1 Å². The molecule has 55 heavy (non-hydrogen) atoms. The number of aliphatic hydroxyl groups is 1. The number of rotatable bonds is 34. The number of hydrogen-bond acceptors (Lipinski definition) is 5. The summed E-state index contributed by atoms with van der Waals surface area (Å²) in [5.74, 6) is -0.595. The molecule has 0 aromatic heterocycles. The molecule has 0 aromatic rings. The van der Waals surface area contributed by atoms with Gasteiger partial charge in [0, 0.05) is 32.4 Å². The van der Waals surface area contributed by atoms with E-state index in [0.29, 0.717) is 32.4 Å². The number of amides is 3. The molecule has 314 valence electrons. The van der Waals surface area contributed by atoms with E-state index in [0.717, 1.165) is 122 Å². The first kappa shape index (κ1) is 51.5. The van der Waals surface area contributed by atoms with Gasteiger partial charge in [-0.2, -0.15) is 0 Å². The summed E-state index contributed by atoms with van der Waals surface area (Å²) in [6.45, 7) is 14.3. The minimum atomic E-state index is -1.53. The SMILES string of the molecule is CC(C)=CCC/C(C)=C/CC/C(C)=C/CC/C=C(\C)CC/C=C(\C)CCC(=O)NCCCCCCCCNC(=O)C(O)NC(=O)CCCCCCCC(=N)N. The topological polar surface area (TPSA) is 157 Å². The lowest BCUT2D eigenvalue weighted by Gasteiger charge is -2.13. The summed E-state index contributed by atoms with van der Waals surface area (Å²) in [6, 6.07) is 0. The molecule has 0 radical (unpaired) electrons. The van der Waals surface area contributed by atoms with Crippen molar-refractivity contribution in [3.63, 3.8) is 0 Å². The zero-order valence-electron chi connectivity index (χ0n) is 35.9. The van der Waals surface area contributed by atoms with Crippen LogP contribution in [0.15, 0.2) is 58.2 Å². The van der Waals surface area contributed by atoms with Crippen molar-refractivity contribution >= 4 is 23.6 Å². The highest BCUT2D eigenvalue weighted by molar-refractivity contribution is 5.86. The number of carbonyl (C=O) groups is 3. The van der Waals surface area contributed by atoms with Gasteiger partial charge in [-0.25, -0.2) is 0 Å². The van der Waals surface area contributed by atoms with Crippen LogP contribution in [0, 0.1) is 5.41 Å². The second-order valence-electron chi connectivity index (χ2n) is 15.7. The van der Waals surface area contributed by atoms with Crippen LogP contribution in [0.25, 0.3) is 0 Å². The van der Waals surface area contributed by atoms with Gasteiger partial charge in [0.1, 0.15) is 0 Å². The van der Waals surface area contributed by atoms with E-state index in [4.69, 9.17) is 11.1 Å². The largest absolute Gasteiger partial charge is 0.388 e. The number of nitrogens with one attached hydrogen (secondary N) is 4. The summed E-state index contributed by atoms with van der Waals surface area (Å²) < 4.78 is 0. The molecule has 1 unspecified atom stereocenters. The summed E-state index contributed by atoms with van der Waals surface area (Å²) in [6.07, 6.45) is 31.6. The highest BCUT2D eigenvalue weighted by Gasteiger charge is 2.16. The third-order valence-electron chi connectivity index (χ3n) is 9.67. The number of unbranched alkanes of at least 4 members (excludes halogenated alkanes) is 10. The fourth-order valence-corrected chi connectivity index (χ4v) is 6.06. The first-order chi connectivity index (χ1) is 26.3. The summed E-state index contributed by atoms with van der Waals surface area (Å²) >= 11 is 0. The molecule has 0 fully saturated rings.